The van der Waals surface area contributed by atoms with Crippen molar-refractivity contribution in [2.24, 2.45) is 12.0 Å². The molecule has 2 aromatic heterocycles. The number of amides is 3. The summed E-state index contributed by atoms with van der Waals surface area (Å²) in [7, 11) is 3.39. The van der Waals surface area contributed by atoms with Gasteiger partial charge >= 0.3 is 0 Å². The van der Waals surface area contributed by atoms with Crippen molar-refractivity contribution in [1.29, 1.82) is 0 Å². The molecule has 10 nitrogen and oxygen atoms in total. The van der Waals surface area contributed by atoms with Crippen LogP contribution in [-0.2, 0) is 11.8 Å². The largest absolute Gasteiger partial charge is 0.493 e. The number of nitrogens with one attached hydrogen (secondary N) is 2. The maximum atomic E-state index is 13.1. The molecule has 3 amide bonds. The lowest BCUT2D eigenvalue weighted by Crippen LogP contribution is -2.35. The highest BCUT2D eigenvalue weighted by Crippen LogP contribution is 2.38. The molecule has 0 radical (unpaired) electrons. The van der Waals surface area contributed by atoms with E-state index in [0.29, 0.717) is 47.2 Å². The van der Waals surface area contributed by atoms with Crippen LogP contribution in [-0.4, -0.2) is 59.7 Å². The molecule has 5 aromatic rings. The molecule has 7 rings (SSSR count). The zero-order valence-electron chi connectivity index (χ0n) is 26.7. The number of fused-ring (bicyclic) bond motifs is 3. The fourth-order valence-electron chi connectivity index (χ4n) is 6.19. The average Bonchev–Trinajstić information content (AvgIpc) is 3.84. The third kappa shape index (κ3) is 6.41. The van der Waals surface area contributed by atoms with Crippen molar-refractivity contribution in [3.8, 4) is 22.6 Å². The molecule has 0 aliphatic carbocycles. The first-order chi connectivity index (χ1) is 23.4. The van der Waals surface area contributed by atoms with Crippen molar-refractivity contribution >= 4 is 62.4 Å². The summed E-state index contributed by atoms with van der Waals surface area (Å²) in [6.45, 7) is 1.02. The predicted molar refractivity (Wildman–Crippen MR) is 189 cm³/mol. The number of nitrogens with zero attached hydrogens (tertiary/aromatic N) is 3. The Morgan fingerprint density at radius 2 is 1.81 bits per heavy atom. The number of anilines is 2. The molecule has 48 heavy (non-hydrogen) atoms. The van der Waals surface area contributed by atoms with Crippen LogP contribution < -0.4 is 20.1 Å². The van der Waals surface area contributed by atoms with Crippen molar-refractivity contribution in [1.82, 2.24) is 9.47 Å². The minimum absolute atomic E-state index is 0.0257. The van der Waals surface area contributed by atoms with E-state index in [1.165, 1.54) is 11.8 Å². The Kier molecular flexibility index (Phi) is 8.68. The summed E-state index contributed by atoms with van der Waals surface area (Å²) in [5.41, 5.74) is 4.87. The number of benzene rings is 3. The normalized spacial score (nSPS) is 15.2. The van der Waals surface area contributed by atoms with Gasteiger partial charge < -0.3 is 29.6 Å². The smallest absolute Gasteiger partial charge is 0.272 e. The number of aryl methyl sites for hydroxylation is 1. The first-order valence-corrected chi connectivity index (χ1v) is 16.8. The molecular weight excluding hydrogens is 627 g/mol. The van der Waals surface area contributed by atoms with Gasteiger partial charge in [0.1, 0.15) is 5.69 Å². The van der Waals surface area contributed by atoms with Gasteiger partial charge in [0.15, 0.2) is 11.5 Å². The Balaban J connectivity index is 0.915. The zero-order chi connectivity index (χ0) is 33.2. The first-order valence-electron chi connectivity index (χ1n) is 15.9. The summed E-state index contributed by atoms with van der Waals surface area (Å²) in [5, 5.41) is 9.07. The van der Waals surface area contributed by atoms with Gasteiger partial charge in [-0.3, -0.25) is 19.4 Å². The highest BCUT2D eigenvalue weighted by atomic mass is 32.1. The van der Waals surface area contributed by atoms with E-state index in [-0.39, 0.29) is 30.2 Å². The molecule has 11 heteroatoms. The van der Waals surface area contributed by atoms with Gasteiger partial charge in [0.25, 0.3) is 11.8 Å². The molecule has 0 unspecified atom stereocenters. The number of hydrogen-bond acceptors (Lipinski definition) is 7. The Bertz CT molecular complexity index is 2050. The van der Waals surface area contributed by atoms with Gasteiger partial charge in [-0.25, -0.2) is 0 Å². The number of hydrogen-bond donors (Lipinski definition) is 2. The third-order valence-electron chi connectivity index (χ3n) is 8.71. The fourth-order valence-corrected chi connectivity index (χ4v) is 6.96. The fraction of sp³-hybridized carbons (Fsp3) is 0.243. The summed E-state index contributed by atoms with van der Waals surface area (Å²) in [6, 6.07) is 20.8. The standard InChI is InChI=1S/C37H35N5O5S/c1-41-22-25(18-31(41)36(44)40-27-11-12-34-24(17-27)13-16-48-34)23-7-9-26(10-8-23)39-35(43)6-4-15-47-33-20-30-29(19-32(33)46-2)37(45)42-14-3-5-28(42)21-38-30/h7-13,16-22,28H,3-6,14-15H2,1-2H3,(H,39,43)(H,40,44)/t28-/m0/s1. The van der Waals surface area contributed by atoms with E-state index in [1.807, 2.05) is 88.9 Å². The highest BCUT2D eigenvalue weighted by Gasteiger charge is 2.32. The Hall–Kier alpha value is -5.42. The van der Waals surface area contributed by atoms with E-state index in [4.69, 9.17) is 9.47 Å². The topological polar surface area (TPSA) is 114 Å². The summed E-state index contributed by atoms with van der Waals surface area (Å²) in [5.74, 6) is 0.590. The molecule has 0 bridgehead atoms. The molecule has 2 aliphatic heterocycles. The number of carbonyl (C=O) groups excluding carboxylic acids is 3. The lowest BCUT2D eigenvalue weighted by Gasteiger charge is -2.20. The lowest BCUT2D eigenvalue weighted by molar-refractivity contribution is -0.116. The van der Waals surface area contributed by atoms with Crippen LogP contribution in [0.25, 0.3) is 21.2 Å². The average molecular weight is 662 g/mol. The molecular formula is C37H35N5O5S. The maximum absolute atomic E-state index is 13.1. The number of ether oxygens (including phenoxy) is 2. The molecule has 3 aromatic carbocycles. The quantitative estimate of drug-likeness (QED) is 0.153. The summed E-state index contributed by atoms with van der Waals surface area (Å²) in [6.07, 6.45) is 6.39. The maximum Gasteiger partial charge on any atom is 0.272 e. The van der Waals surface area contributed by atoms with Crippen molar-refractivity contribution < 1.29 is 23.9 Å². The summed E-state index contributed by atoms with van der Waals surface area (Å²) in [4.78, 5) is 45.3. The molecule has 1 saturated heterocycles. The number of aliphatic imine (C=N–C) groups is 1. The number of thiophene rings is 1. The zero-order valence-corrected chi connectivity index (χ0v) is 27.5. The van der Waals surface area contributed by atoms with Crippen LogP contribution in [0.2, 0.25) is 0 Å². The van der Waals surface area contributed by atoms with E-state index in [1.54, 1.807) is 23.5 Å². The Morgan fingerprint density at radius 1 is 0.979 bits per heavy atom. The van der Waals surface area contributed by atoms with Crippen molar-refractivity contribution in [3.63, 3.8) is 0 Å². The van der Waals surface area contributed by atoms with Crippen molar-refractivity contribution in [2.45, 2.75) is 31.7 Å². The second-order valence-electron chi connectivity index (χ2n) is 11.9. The Morgan fingerprint density at radius 3 is 2.65 bits per heavy atom. The van der Waals surface area contributed by atoms with E-state index >= 15 is 0 Å². The Labute approximate surface area is 282 Å². The number of methoxy groups -OCH3 is 1. The highest BCUT2D eigenvalue weighted by molar-refractivity contribution is 7.17. The molecule has 1 atom stereocenters. The van der Waals surface area contributed by atoms with Gasteiger partial charge in [0, 0.05) is 60.1 Å². The SMILES string of the molecule is COc1cc2c(cc1OCCCC(=O)Nc1ccc(-c3cc(C(=O)Nc4ccc5sccc5c4)n(C)c3)cc1)N=C[C@@H]1CCCN1C2=O. The molecule has 4 heterocycles. The summed E-state index contributed by atoms with van der Waals surface area (Å²) >= 11 is 1.67. The van der Waals surface area contributed by atoms with Gasteiger partial charge in [-0.15, -0.1) is 11.3 Å². The number of rotatable bonds is 10. The number of carbonyl (C=O) groups is 3. The monoisotopic (exact) mass is 661 g/mol. The van der Waals surface area contributed by atoms with Crippen LogP contribution in [0.1, 0.15) is 46.5 Å². The van der Waals surface area contributed by atoms with Gasteiger partial charge in [-0.1, -0.05) is 12.1 Å². The van der Waals surface area contributed by atoms with Crippen molar-refractivity contribution in [3.05, 3.63) is 89.6 Å². The first kappa shape index (κ1) is 31.2. The second-order valence-corrected chi connectivity index (χ2v) is 12.9. The molecule has 2 N–H and O–H groups in total. The van der Waals surface area contributed by atoms with E-state index in [9.17, 15) is 14.4 Å². The van der Waals surface area contributed by atoms with E-state index < -0.39 is 0 Å². The number of aromatic nitrogens is 1. The minimum atomic E-state index is -0.185. The van der Waals surface area contributed by atoms with Gasteiger partial charge in [0.05, 0.1) is 31.0 Å². The summed E-state index contributed by atoms with van der Waals surface area (Å²) < 4.78 is 14.5. The third-order valence-corrected chi connectivity index (χ3v) is 9.61. The van der Waals surface area contributed by atoms with Crippen LogP contribution >= 0.6 is 11.3 Å². The van der Waals surface area contributed by atoms with Gasteiger partial charge in [-0.05, 0) is 84.1 Å². The van der Waals surface area contributed by atoms with Crippen LogP contribution in [0.5, 0.6) is 11.5 Å². The molecule has 1 fully saturated rings. The van der Waals surface area contributed by atoms with Crippen molar-refractivity contribution in [2.75, 3.05) is 30.9 Å². The van der Waals surface area contributed by atoms with Gasteiger partial charge in [0.2, 0.25) is 5.91 Å². The van der Waals surface area contributed by atoms with E-state index in [2.05, 4.69) is 15.6 Å². The van der Waals surface area contributed by atoms with E-state index in [0.717, 1.165) is 41.6 Å². The molecule has 0 saturated carbocycles. The lowest BCUT2D eigenvalue weighted by atomic mass is 10.1. The minimum Gasteiger partial charge on any atom is -0.493 e. The molecule has 0 spiro atoms. The van der Waals surface area contributed by atoms with Crippen LogP contribution in [0.3, 0.4) is 0 Å². The predicted octanol–water partition coefficient (Wildman–Crippen LogP) is 7.29. The molecule has 244 valence electrons. The van der Waals surface area contributed by atoms with Crippen LogP contribution in [0.15, 0.2) is 83.3 Å². The van der Waals surface area contributed by atoms with Gasteiger partial charge in [-0.2, -0.15) is 0 Å². The molecule has 2 aliphatic rings. The van der Waals surface area contributed by atoms with Crippen LogP contribution in [0.4, 0.5) is 17.1 Å². The van der Waals surface area contributed by atoms with Crippen LogP contribution in [0, 0.1) is 0 Å². The second kappa shape index (κ2) is 13.4.